The quantitative estimate of drug-likeness (QED) is 0.0714. The van der Waals surface area contributed by atoms with Gasteiger partial charge in [-0.3, -0.25) is 14.4 Å². The number of anilines is 1. The van der Waals surface area contributed by atoms with Crippen molar-refractivity contribution in [2.24, 2.45) is 0 Å². The number of aromatic nitrogens is 3. The second-order valence-electron chi connectivity index (χ2n) is 9.47. The summed E-state index contributed by atoms with van der Waals surface area (Å²) in [6.07, 6.45) is -4.11. The van der Waals surface area contributed by atoms with E-state index in [1.165, 1.54) is 0 Å². The summed E-state index contributed by atoms with van der Waals surface area (Å²) >= 11 is 0. The van der Waals surface area contributed by atoms with Crippen LogP contribution in [0.5, 0.6) is 0 Å². The number of aliphatic hydroxyl groups is 6. The third-order valence-electron chi connectivity index (χ3n) is 6.31. The van der Waals surface area contributed by atoms with Gasteiger partial charge in [-0.15, -0.1) is 0 Å². The Bertz CT molecular complexity index is 1420. The number of hydrogen-bond acceptors (Lipinski definition) is 12. The summed E-state index contributed by atoms with van der Waals surface area (Å²) < 4.78 is 0. The van der Waals surface area contributed by atoms with E-state index in [0.717, 1.165) is 11.1 Å². The van der Waals surface area contributed by atoms with Gasteiger partial charge in [0.15, 0.2) is 0 Å². The first-order valence-electron chi connectivity index (χ1n) is 12.9. The first kappa shape index (κ1) is 43.9. The Morgan fingerprint density at radius 1 is 0.911 bits per heavy atom. The number of aliphatic hydroxyl groups excluding tert-OH is 6. The van der Waals surface area contributed by atoms with Gasteiger partial charge < -0.3 is 61.9 Å². The zero-order chi connectivity index (χ0) is 32.3. The molecule has 0 spiro atoms. The van der Waals surface area contributed by atoms with Crippen molar-refractivity contribution in [2.75, 3.05) is 18.9 Å². The van der Waals surface area contributed by atoms with Gasteiger partial charge in [0, 0.05) is 18.2 Å². The van der Waals surface area contributed by atoms with E-state index in [1.54, 1.807) is 30.5 Å². The predicted octanol–water partition coefficient (Wildman–Crippen LogP) is -4.22. The Morgan fingerprint density at radius 3 is 1.96 bits per heavy atom. The van der Waals surface area contributed by atoms with Crippen LogP contribution in [0.4, 0.5) is 5.95 Å². The molecule has 0 aliphatic carbocycles. The van der Waals surface area contributed by atoms with E-state index < -0.39 is 67.1 Å². The Labute approximate surface area is 341 Å². The maximum atomic E-state index is 12.3. The number of nitrogens with two attached hydrogens (primary N) is 1. The van der Waals surface area contributed by atoms with Gasteiger partial charge in [-0.2, -0.15) is 4.98 Å². The van der Waals surface area contributed by atoms with E-state index in [9.17, 15) is 19.2 Å². The van der Waals surface area contributed by atoms with Crippen LogP contribution in [0.2, 0.25) is 0 Å². The number of fused-ring (bicyclic) bond motifs is 1. The summed E-state index contributed by atoms with van der Waals surface area (Å²) in [4.78, 5) is 55.7. The predicted molar refractivity (Wildman–Crippen MR) is 163 cm³/mol. The standard InChI is InChI=1S/C20H21N5O6.C6H14O6.2K.2H/c21-20-24-16-15(18(29)25-20)12(9-22-16)6-3-10-1-4-11(5-2-10)17(28)23-13(19(30)31)7-8-14(26)27;7-1-3(9)5(11)6(12)4(10)2-8;;;;/h1-2,4-5,9,13H,3,6-8H2,(H,23,28)(H,26,27)(H,30,31)(H4,21,22,24,25,29);3-12H,1-2H2;;;;/t13-;3-,4-,5-,6-;;;;/m01..../s1. The number of nitrogens with one attached hydrogen (secondary N) is 3. The Hall–Kier alpha value is -1.12. The molecule has 240 valence electrons. The molecule has 0 fully saturated rings. The number of carboxylic acid groups (broad SMARTS) is 2. The van der Waals surface area contributed by atoms with Crippen LogP contribution in [-0.4, -0.2) is 220 Å². The Morgan fingerprint density at radius 2 is 1.47 bits per heavy atom. The molecule has 0 saturated carbocycles. The van der Waals surface area contributed by atoms with Crippen LogP contribution < -0.4 is 16.6 Å². The molecule has 0 aliphatic heterocycles. The number of H-pyrrole nitrogens is 2. The number of amides is 1. The fourth-order valence-electron chi connectivity index (χ4n) is 3.87. The van der Waals surface area contributed by atoms with E-state index in [2.05, 4.69) is 20.3 Å². The van der Waals surface area contributed by atoms with E-state index in [1.807, 2.05) is 0 Å². The van der Waals surface area contributed by atoms with Crippen LogP contribution in [0, 0.1) is 0 Å². The molecule has 17 nitrogen and oxygen atoms in total. The van der Waals surface area contributed by atoms with E-state index in [4.69, 9.17) is 46.6 Å². The first-order chi connectivity index (χ1) is 20.3. The normalized spacial score (nSPS) is 13.9. The van der Waals surface area contributed by atoms with Gasteiger partial charge >= 0.3 is 115 Å². The Balaban J connectivity index is 0.00000118. The van der Waals surface area contributed by atoms with E-state index >= 15 is 0 Å². The van der Waals surface area contributed by atoms with Crippen molar-refractivity contribution in [1.82, 2.24) is 20.3 Å². The van der Waals surface area contributed by atoms with Crippen LogP contribution in [0.25, 0.3) is 11.0 Å². The van der Waals surface area contributed by atoms with Crippen molar-refractivity contribution in [3.05, 3.63) is 57.5 Å². The number of hydrogen-bond donors (Lipinski definition) is 12. The summed E-state index contributed by atoms with van der Waals surface area (Å²) in [5, 5.41) is 72.8. The molecule has 0 aliphatic rings. The van der Waals surface area contributed by atoms with Gasteiger partial charge in [-0.25, -0.2) is 4.79 Å². The molecule has 0 bridgehead atoms. The molecule has 3 rings (SSSR count). The van der Waals surface area contributed by atoms with Crippen LogP contribution in [0.3, 0.4) is 0 Å². The fraction of sp³-hybridized carbons (Fsp3) is 0.423. The third kappa shape index (κ3) is 13.9. The Kier molecular flexibility index (Phi) is 21.2. The minimum atomic E-state index is -1.67. The number of rotatable bonds is 14. The van der Waals surface area contributed by atoms with Gasteiger partial charge in [0.25, 0.3) is 11.5 Å². The number of carbonyl (C=O) groups is 3. The van der Waals surface area contributed by atoms with Crippen LogP contribution in [0.1, 0.15) is 34.3 Å². The summed E-state index contributed by atoms with van der Waals surface area (Å²) in [6.45, 7) is -1.45. The molecule has 0 saturated heterocycles. The number of aromatic amines is 2. The van der Waals surface area contributed by atoms with Crippen LogP contribution in [0.15, 0.2) is 35.3 Å². The first-order valence-corrected chi connectivity index (χ1v) is 12.9. The molecular formula is C26H37K2N5O12. The van der Waals surface area contributed by atoms with Gasteiger partial charge in [-0.05, 0) is 42.5 Å². The zero-order valence-electron chi connectivity index (χ0n) is 22.8. The van der Waals surface area contributed by atoms with Gasteiger partial charge in [-0.1, -0.05) is 12.1 Å². The summed E-state index contributed by atoms with van der Waals surface area (Å²) in [5.74, 6) is -3.00. The monoisotopic (exact) mass is 689 g/mol. The summed E-state index contributed by atoms with van der Waals surface area (Å²) in [6, 6.07) is 5.30. The molecule has 5 atom stereocenters. The second-order valence-corrected chi connectivity index (χ2v) is 9.47. The molecule has 2 aromatic heterocycles. The number of carboxylic acids is 2. The molecule has 19 heteroatoms. The van der Waals surface area contributed by atoms with Crippen molar-refractivity contribution in [2.45, 2.75) is 56.1 Å². The van der Waals surface area contributed by atoms with Crippen molar-refractivity contribution in [3.63, 3.8) is 0 Å². The number of aliphatic carboxylic acids is 2. The molecule has 2 heterocycles. The minimum absolute atomic E-state index is 0. The molecular weight excluding hydrogens is 653 g/mol. The molecule has 3 aromatic rings. The van der Waals surface area contributed by atoms with E-state index in [-0.39, 0.29) is 127 Å². The van der Waals surface area contributed by atoms with Gasteiger partial charge in [0.05, 0.1) is 18.6 Å². The summed E-state index contributed by atoms with van der Waals surface area (Å²) in [5.41, 5.74) is 7.59. The average Bonchev–Trinajstić information content (AvgIpc) is 3.39. The number of nitrogen functional groups attached to an aromatic ring is 1. The average molecular weight is 690 g/mol. The SMILES string of the molecule is Nc1nc(=O)c2c(CCc3ccc(C(=O)N[C@@H](CCC(=O)O)C(=O)O)cc3)c[nH]c2[nH]1.OC[C@@H](O)[C@@H](O)[C@H](O)[C@H](O)CO.[KH].[KH]. The number of aryl methyl sites for hydroxylation is 2. The van der Waals surface area contributed by atoms with Crippen molar-refractivity contribution in [1.29, 1.82) is 0 Å². The number of nitrogens with zero attached hydrogens (tertiary/aromatic N) is 1. The summed E-state index contributed by atoms with van der Waals surface area (Å²) in [7, 11) is 0. The number of benzene rings is 1. The van der Waals surface area contributed by atoms with Crippen molar-refractivity contribution >= 4 is 138 Å². The van der Waals surface area contributed by atoms with Gasteiger partial charge in [0.2, 0.25) is 5.95 Å². The zero-order valence-corrected chi connectivity index (χ0v) is 22.8. The van der Waals surface area contributed by atoms with E-state index in [0.29, 0.717) is 23.9 Å². The van der Waals surface area contributed by atoms with Crippen molar-refractivity contribution < 1.29 is 55.2 Å². The molecule has 0 unspecified atom stereocenters. The molecule has 1 amide bonds. The maximum absolute atomic E-state index is 12.3. The van der Waals surface area contributed by atoms with Crippen LogP contribution in [-0.2, 0) is 22.4 Å². The van der Waals surface area contributed by atoms with Crippen molar-refractivity contribution in [3.8, 4) is 0 Å². The molecule has 1 aromatic carbocycles. The van der Waals surface area contributed by atoms with Gasteiger partial charge in [0.1, 0.15) is 36.1 Å². The fourth-order valence-corrected chi connectivity index (χ4v) is 3.87. The number of carbonyl (C=O) groups excluding carboxylic acids is 1. The third-order valence-corrected chi connectivity index (χ3v) is 6.31. The molecule has 13 N–H and O–H groups in total. The topological polar surface area (TPSA) is 313 Å². The van der Waals surface area contributed by atoms with Crippen LogP contribution >= 0.6 is 0 Å². The molecule has 0 radical (unpaired) electrons. The molecule has 45 heavy (non-hydrogen) atoms. The second kappa shape index (κ2) is 21.7.